The topological polar surface area (TPSA) is 24.9 Å². The molecule has 0 N–H and O–H groups in total. The van der Waals surface area contributed by atoms with Gasteiger partial charge >= 0.3 is 0 Å². The minimum Gasteiger partial charge on any atom is -0.497 e. The summed E-state index contributed by atoms with van der Waals surface area (Å²) in [5.74, 6) is 2.45. The lowest BCUT2D eigenvalue weighted by atomic mass is 9.43. The van der Waals surface area contributed by atoms with Gasteiger partial charge in [-0.1, -0.05) is 43.7 Å². The number of rotatable bonds is 3. The van der Waals surface area contributed by atoms with Crippen molar-refractivity contribution in [2.45, 2.75) is 57.6 Å². The molecule has 2 aliphatic heterocycles. The summed E-state index contributed by atoms with van der Waals surface area (Å²) in [5, 5.41) is 2.33. The van der Waals surface area contributed by atoms with Crippen LogP contribution in [0.25, 0.3) is 0 Å². The highest BCUT2D eigenvalue weighted by atomic mass is 16.7. The van der Waals surface area contributed by atoms with Gasteiger partial charge in [-0.15, -0.1) is 0 Å². The first-order valence-corrected chi connectivity index (χ1v) is 11.8. The highest BCUT2D eigenvalue weighted by molar-refractivity contribution is 5.51. The van der Waals surface area contributed by atoms with Crippen LogP contribution in [-0.2, 0) is 10.4 Å². The molecule has 1 spiro atoms. The first kappa shape index (κ1) is 19.6. The van der Waals surface area contributed by atoms with Gasteiger partial charge < -0.3 is 9.64 Å². The van der Waals surface area contributed by atoms with E-state index in [1.165, 1.54) is 36.1 Å². The Balaban J connectivity index is 1.40. The van der Waals surface area contributed by atoms with Gasteiger partial charge in [0.2, 0.25) is 0 Å². The van der Waals surface area contributed by atoms with Crippen molar-refractivity contribution in [3.05, 3.63) is 59.7 Å². The maximum atomic E-state index is 7.06. The highest BCUT2D eigenvalue weighted by Gasteiger charge is 2.69. The summed E-state index contributed by atoms with van der Waals surface area (Å²) in [6.45, 7) is 8.83. The van der Waals surface area contributed by atoms with Gasteiger partial charge in [0, 0.05) is 18.7 Å². The van der Waals surface area contributed by atoms with Gasteiger partial charge in [0.15, 0.2) is 0 Å². The Morgan fingerprint density at radius 1 is 1.10 bits per heavy atom. The van der Waals surface area contributed by atoms with Crippen LogP contribution >= 0.6 is 0 Å². The van der Waals surface area contributed by atoms with Crippen LogP contribution in [0.15, 0.2) is 48.5 Å². The van der Waals surface area contributed by atoms with E-state index in [1.807, 2.05) is 6.07 Å². The highest BCUT2D eigenvalue weighted by Crippen LogP contribution is 2.68. The number of nitrogens with zero attached hydrogens (tertiary/aromatic N) is 2. The van der Waals surface area contributed by atoms with E-state index in [0.29, 0.717) is 11.3 Å². The van der Waals surface area contributed by atoms with Crippen molar-refractivity contribution in [2.75, 3.05) is 25.2 Å². The second kappa shape index (κ2) is 6.49. The van der Waals surface area contributed by atoms with Gasteiger partial charge in [0.1, 0.15) is 5.75 Å². The number of hydroxylamine groups is 2. The van der Waals surface area contributed by atoms with E-state index in [-0.39, 0.29) is 11.1 Å². The Kier molecular flexibility index (Phi) is 4.11. The standard InChI is InChI=1S/C27H34N2O2/c1-19-8-10-22(11-9-19)28-17-26(21-6-5-7-23(14-21)30-4)16-27(31-29(26)18-28)13-12-20-15-24(27)25(20,2)3/h5-11,14,20,24H,12-13,15-18H2,1-4H3/t20-,24-,26-,27+/m0/s1. The molecule has 5 aliphatic rings. The maximum absolute atomic E-state index is 7.06. The van der Waals surface area contributed by atoms with Crippen molar-refractivity contribution < 1.29 is 9.57 Å². The van der Waals surface area contributed by atoms with Crippen LogP contribution in [0.1, 0.15) is 50.7 Å². The fraction of sp³-hybridized carbons (Fsp3) is 0.556. The monoisotopic (exact) mass is 418 g/mol. The molecule has 4 heteroatoms. The molecule has 2 saturated heterocycles. The quantitative estimate of drug-likeness (QED) is 0.656. The lowest BCUT2D eigenvalue weighted by Crippen LogP contribution is -2.62. The summed E-state index contributed by atoms with van der Waals surface area (Å²) in [7, 11) is 1.76. The number of anilines is 1. The molecule has 2 aromatic rings. The third-order valence-corrected chi connectivity index (χ3v) is 9.14. The molecule has 0 radical (unpaired) electrons. The van der Waals surface area contributed by atoms with Crippen LogP contribution in [0, 0.1) is 24.2 Å². The maximum Gasteiger partial charge on any atom is 0.119 e. The van der Waals surface area contributed by atoms with Crippen molar-refractivity contribution in [2.24, 2.45) is 17.3 Å². The Morgan fingerprint density at radius 3 is 2.61 bits per heavy atom. The Bertz CT molecular complexity index is 1000. The molecule has 4 atom stereocenters. The third-order valence-electron chi connectivity index (χ3n) is 9.14. The molecule has 3 saturated carbocycles. The van der Waals surface area contributed by atoms with Gasteiger partial charge in [-0.3, -0.25) is 4.84 Å². The summed E-state index contributed by atoms with van der Waals surface area (Å²) in [5.41, 5.74) is 4.11. The molecule has 2 heterocycles. The Hall–Kier alpha value is -2.04. The van der Waals surface area contributed by atoms with Crippen LogP contribution in [0.4, 0.5) is 5.69 Å². The van der Waals surface area contributed by atoms with Crippen LogP contribution in [0.3, 0.4) is 0 Å². The van der Waals surface area contributed by atoms with E-state index in [9.17, 15) is 0 Å². The van der Waals surface area contributed by atoms with Crippen LogP contribution in [-0.4, -0.2) is 31.0 Å². The molecule has 0 unspecified atom stereocenters. The predicted octanol–water partition coefficient (Wildman–Crippen LogP) is 5.51. The van der Waals surface area contributed by atoms with Gasteiger partial charge in [-0.2, -0.15) is 5.06 Å². The zero-order valence-corrected chi connectivity index (χ0v) is 19.2. The number of hydrogen-bond acceptors (Lipinski definition) is 4. The molecule has 2 aromatic carbocycles. The number of ether oxygens (including phenoxy) is 1. The van der Waals surface area contributed by atoms with Gasteiger partial charge in [0.05, 0.1) is 24.9 Å². The smallest absolute Gasteiger partial charge is 0.119 e. The first-order valence-electron chi connectivity index (χ1n) is 11.8. The van der Waals surface area contributed by atoms with Gasteiger partial charge in [0.25, 0.3) is 0 Å². The van der Waals surface area contributed by atoms with E-state index in [0.717, 1.165) is 31.3 Å². The largest absolute Gasteiger partial charge is 0.497 e. The molecule has 2 bridgehead atoms. The van der Waals surface area contributed by atoms with Crippen LogP contribution in [0.5, 0.6) is 5.75 Å². The van der Waals surface area contributed by atoms with Crippen molar-refractivity contribution in [1.29, 1.82) is 0 Å². The fourth-order valence-electron chi connectivity index (χ4n) is 7.23. The molecule has 4 nitrogen and oxygen atoms in total. The summed E-state index contributed by atoms with van der Waals surface area (Å²) < 4.78 is 5.61. The molecule has 5 fully saturated rings. The van der Waals surface area contributed by atoms with E-state index < -0.39 is 0 Å². The summed E-state index contributed by atoms with van der Waals surface area (Å²) in [4.78, 5) is 9.53. The van der Waals surface area contributed by atoms with Crippen molar-refractivity contribution >= 4 is 5.69 Å². The number of fused-ring (bicyclic) bond motifs is 2. The molecule has 164 valence electrons. The Labute approximate surface area is 186 Å². The third kappa shape index (κ3) is 2.67. The van der Waals surface area contributed by atoms with E-state index >= 15 is 0 Å². The Morgan fingerprint density at radius 2 is 1.90 bits per heavy atom. The van der Waals surface area contributed by atoms with Crippen molar-refractivity contribution in [1.82, 2.24) is 5.06 Å². The zero-order chi connectivity index (χ0) is 21.4. The number of benzene rings is 2. The predicted molar refractivity (Wildman–Crippen MR) is 123 cm³/mol. The molecular weight excluding hydrogens is 384 g/mol. The van der Waals surface area contributed by atoms with Crippen molar-refractivity contribution in [3.8, 4) is 5.75 Å². The molecule has 7 rings (SSSR count). The lowest BCUT2D eigenvalue weighted by molar-refractivity contribution is -0.285. The number of aryl methyl sites for hydroxylation is 1. The minimum atomic E-state index is -0.141. The van der Waals surface area contributed by atoms with Crippen LogP contribution < -0.4 is 9.64 Å². The second-order valence-electron chi connectivity index (χ2n) is 11.0. The summed E-state index contributed by atoms with van der Waals surface area (Å²) in [6, 6.07) is 17.6. The van der Waals surface area contributed by atoms with Gasteiger partial charge in [-0.05, 0) is 73.3 Å². The van der Waals surface area contributed by atoms with Crippen LogP contribution in [0.2, 0.25) is 0 Å². The summed E-state index contributed by atoms with van der Waals surface area (Å²) >= 11 is 0. The average Bonchev–Trinajstić information content (AvgIpc) is 3.26. The summed E-state index contributed by atoms with van der Waals surface area (Å²) in [6.07, 6.45) is 4.89. The molecular formula is C27H34N2O2. The number of hydrogen-bond donors (Lipinski definition) is 0. The van der Waals surface area contributed by atoms with Gasteiger partial charge in [-0.25, -0.2) is 0 Å². The van der Waals surface area contributed by atoms with E-state index in [2.05, 4.69) is 73.2 Å². The minimum absolute atomic E-state index is 0.0271. The second-order valence-corrected chi connectivity index (χ2v) is 11.0. The van der Waals surface area contributed by atoms with E-state index in [4.69, 9.17) is 9.57 Å². The normalized spacial score (nSPS) is 35.8. The molecule has 3 aliphatic carbocycles. The number of methoxy groups -OCH3 is 1. The average molecular weight is 419 g/mol. The fourth-order valence-corrected chi connectivity index (χ4v) is 7.23. The first-order chi connectivity index (χ1) is 14.9. The zero-order valence-electron chi connectivity index (χ0n) is 19.2. The lowest BCUT2D eigenvalue weighted by Gasteiger charge is -2.63. The molecule has 0 aromatic heterocycles. The van der Waals surface area contributed by atoms with Crippen molar-refractivity contribution in [3.63, 3.8) is 0 Å². The molecule has 31 heavy (non-hydrogen) atoms. The van der Waals surface area contributed by atoms with E-state index in [1.54, 1.807) is 7.11 Å². The SMILES string of the molecule is COc1cccc([C@]23CN(c4ccc(C)cc4)CN2O[C@]2(CC[C@H]4C[C@H]2C4(C)C)C3)c1. The molecule has 0 amide bonds.